The first-order valence-corrected chi connectivity index (χ1v) is 8.08. The quantitative estimate of drug-likeness (QED) is 0.928. The van der Waals surface area contributed by atoms with E-state index in [0.29, 0.717) is 18.0 Å². The highest BCUT2D eigenvalue weighted by Crippen LogP contribution is 2.26. The van der Waals surface area contributed by atoms with E-state index in [9.17, 15) is 9.59 Å². The minimum Gasteiger partial charge on any atom is -0.481 e. The standard InChI is InChI=1S/C16H16N2O4S/c19-14(20)8-12-10-22-7-6-18(12)16(21)13-9-17-15(23-13)11-4-2-1-3-5-11/h1-5,9,12H,6-8,10H2,(H,19,20). The molecule has 0 aliphatic carbocycles. The van der Waals surface area contributed by atoms with E-state index in [4.69, 9.17) is 9.84 Å². The van der Waals surface area contributed by atoms with Crippen molar-refractivity contribution in [1.29, 1.82) is 0 Å². The third-order valence-electron chi connectivity index (χ3n) is 3.64. The highest BCUT2D eigenvalue weighted by Gasteiger charge is 2.30. The van der Waals surface area contributed by atoms with Crippen LogP contribution in [-0.2, 0) is 9.53 Å². The molecule has 0 spiro atoms. The van der Waals surface area contributed by atoms with Crippen molar-refractivity contribution in [2.45, 2.75) is 12.5 Å². The Morgan fingerprint density at radius 2 is 2.13 bits per heavy atom. The van der Waals surface area contributed by atoms with Crippen LogP contribution in [0.4, 0.5) is 0 Å². The Morgan fingerprint density at radius 1 is 1.35 bits per heavy atom. The zero-order valence-corrected chi connectivity index (χ0v) is 13.2. The molecule has 7 heteroatoms. The molecule has 1 saturated heterocycles. The lowest BCUT2D eigenvalue weighted by Crippen LogP contribution is -2.49. The SMILES string of the molecule is O=C(O)CC1COCCN1C(=O)c1cnc(-c2ccccc2)s1. The number of carbonyl (C=O) groups is 2. The number of carbonyl (C=O) groups excluding carboxylic acids is 1. The van der Waals surface area contributed by atoms with E-state index in [1.165, 1.54) is 11.3 Å². The molecule has 6 nitrogen and oxygen atoms in total. The van der Waals surface area contributed by atoms with Gasteiger partial charge in [0.15, 0.2) is 0 Å². The van der Waals surface area contributed by atoms with Crippen molar-refractivity contribution in [1.82, 2.24) is 9.88 Å². The largest absolute Gasteiger partial charge is 0.481 e. The predicted molar refractivity (Wildman–Crippen MR) is 85.4 cm³/mol. The molecule has 0 bridgehead atoms. The maximum absolute atomic E-state index is 12.7. The van der Waals surface area contributed by atoms with Gasteiger partial charge in [0.2, 0.25) is 0 Å². The number of aliphatic carboxylic acids is 1. The molecule has 2 aromatic rings. The van der Waals surface area contributed by atoms with Gasteiger partial charge in [0.25, 0.3) is 5.91 Å². The van der Waals surface area contributed by atoms with Crippen LogP contribution in [0.25, 0.3) is 10.6 Å². The summed E-state index contributed by atoms with van der Waals surface area (Å²) in [6.45, 7) is 1.07. The van der Waals surface area contributed by atoms with E-state index < -0.39 is 12.0 Å². The van der Waals surface area contributed by atoms with Crippen LogP contribution in [0, 0.1) is 0 Å². The lowest BCUT2D eigenvalue weighted by Gasteiger charge is -2.34. The van der Waals surface area contributed by atoms with Gasteiger partial charge in [-0.3, -0.25) is 9.59 Å². The highest BCUT2D eigenvalue weighted by molar-refractivity contribution is 7.16. The molecule has 2 heterocycles. The fourth-order valence-electron chi connectivity index (χ4n) is 2.52. The van der Waals surface area contributed by atoms with Gasteiger partial charge < -0.3 is 14.7 Å². The first-order chi connectivity index (χ1) is 11.1. The number of thiazole rings is 1. The lowest BCUT2D eigenvalue weighted by molar-refractivity contribution is -0.139. The van der Waals surface area contributed by atoms with Crippen LogP contribution >= 0.6 is 11.3 Å². The lowest BCUT2D eigenvalue weighted by atomic mass is 10.1. The fraction of sp³-hybridized carbons (Fsp3) is 0.312. The number of aromatic nitrogens is 1. The van der Waals surface area contributed by atoms with Crippen LogP contribution in [-0.4, -0.2) is 52.7 Å². The van der Waals surface area contributed by atoms with Crippen LogP contribution < -0.4 is 0 Å². The van der Waals surface area contributed by atoms with Gasteiger partial charge in [0.1, 0.15) is 9.88 Å². The number of morpholine rings is 1. The summed E-state index contributed by atoms with van der Waals surface area (Å²) in [5.74, 6) is -1.12. The summed E-state index contributed by atoms with van der Waals surface area (Å²) in [5.41, 5.74) is 0.959. The van der Waals surface area contributed by atoms with Crippen LogP contribution in [0.5, 0.6) is 0 Å². The van der Waals surface area contributed by atoms with Gasteiger partial charge in [-0.1, -0.05) is 30.3 Å². The Bertz CT molecular complexity index is 701. The topological polar surface area (TPSA) is 79.7 Å². The molecule has 1 aromatic heterocycles. The number of nitrogens with zero attached hydrogens (tertiary/aromatic N) is 2. The van der Waals surface area contributed by atoms with Gasteiger partial charge in [0, 0.05) is 12.1 Å². The number of hydrogen-bond acceptors (Lipinski definition) is 5. The number of carboxylic acids is 1. The summed E-state index contributed by atoms with van der Waals surface area (Å²) in [4.78, 5) is 30.1. The van der Waals surface area contributed by atoms with Gasteiger partial charge in [0.05, 0.1) is 31.9 Å². The van der Waals surface area contributed by atoms with E-state index in [-0.39, 0.29) is 18.9 Å². The Morgan fingerprint density at radius 3 is 2.87 bits per heavy atom. The number of amides is 1. The molecular formula is C16H16N2O4S. The number of rotatable bonds is 4. The normalized spacial score (nSPS) is 17.9. The summed E-state index contributed by atoms with van der Waals surface area (Å²) >= 11 is 1.32. The van der Waals surface area contributed by atoms with Crippen molar-refractivity contribution >= 4 is 23.2 Å². The van der Waals surface area contributed by atoms with Crippen molar-refractivity contribution in [3.8, 4) is 10.6 Å². The second-order valence-electron chi connectivity index (χ2n) is 5.22. The van der Waals surface area contributed by atoms with E-state index in [0.717, 1.165) is 10.6 Å². The molecule has 23 heavy (non-hydrogen) atoms. The van der Waals surface area contributed by atoms with Crippen LogP contribution in [0.3, 0.4) is 0 Å². The van der Waals surface area contributed by atoms with Crippen LogP contribution in [0.1, 0.15) is 16.1 Å². The van der Waals surface area contributed by atoms with E-state index in [1.54, 1.807) is 11.1 Å². The van der Waals surface area contributed by atoms with Crippen molar-refractivity contribution in [2.24, 2.45) is 0 Å². The molecule has 1 aliphatic heterocycles. The Hall–Kier alpha value is -2.25. The molecule has 1 aliphatic rings. The summed E-state index contributed by atoms with van der Waals surface area (Å²) < 4.78 is 5.30. The third-order valence-corrected chi connectivity index (χ3v) is 4.67. The minimum absolute atomic E-state index is 0.115. The highest BCUT2D eigenvalue weighted by atomic mass is 32.1. The molecule has 3 rings (SSSR count). The van der Waals surface area contributed by atoms with E-state index in [2.05, 4.69) is 4.98 Å². The maximum atomic E-state index is 12.7. The summed E-state index contributed by atoms with van der Waals surface area (Å²) in [6, 6.07) is 9.21. The monoisotopic (exact) mass is 332 g/mol. The summed E-state index contributed by atoms with van der Waals surface area (Å²) in [5, 5.41) is 9.76. The summed E-state index contributed by atoms with van der Waals surface area (Å²) in [7, 11) is 0. The van der Waals surface area contributed by atoms with Crippen LogP contribution in [0.2, 0.25) is 0 Å². The van der Waals surface area contributed by atoms with Gasteiger partial charge in [-0.05, 0) is 0 Å². The second-order valence-corrected chi connectivity index (χ2v) is 6.25. The molecule has 1 N–H and O–H groups in total. The van der Waals surface area contributed by atoms with Crippen molar-refractivity contribution in [3.63, 3.8) is 0 Å². The molecular weight excluding hydrogens is 316 g/mol. The van der Waals surface area contributed by atoms with Gasteiger partial charge >= 0.3 is 5.97 Å². The van der Waals surface area contributed by atoms with Gasteiger partial charge in [-0.25, -0.2) is 4.98 Å². The van der Waals surface area contributed by atoms with E-state index in [1.807, 2.05) is 30.3 Å². The molecule has 1 amide bonds. The predicted octanol–water partition coefficient (Wildman–Crippen LogP) is 2.13. The Balaban J connectivity index is 1.79. The van der Waals surface area contributed by atoms with Gasteiger partial charge in [-0.15, -0.1) is 11.3 Å². The van der Waals surface area contributed by atoms with Crippen molar-refractivity contribution in [3.05, 3.63) is 41.4 Å². The molecule has 1 unspecified atom stereocenters. The first kappa shape index (κ1) is 15.6. The molecule has 120 valence electrons. The zero-order valence-electron chi connectivity index (χ0n) is 12.3. The molecule has 0 saturated carbocycles. The number of ether oxygens (including phenoxy) is 1. The second kappa shape index (κ2) is 6.89. The average Bonchev–Trinajstić information content (AvgIpc) is 3.05. The number of carboxylic acid groups (broad SMARTS) is 1. The molecule has 1 aromatic carbocycles. The first-order valence-electron chi connectivity index (χ1n) is 7.27. The molecule has 1 fully saturated rings. The Labute approximate surface area is 137 Å². The molecule has 1 atom stereocenters. The fourth-order valence-corrected chi connectivity index (χ4v) is 3.40. The Kier molecular flexibility index (Phi) is 4.68. The summed E-state index contributed by atoms with van der Waals surface area (Å²) in [6.07, 6.45) is 1.44. The number of benzene rings is 1. The third kappa shape index (κ3) is 3.57. The van der Waals surface area contributed by atoms with E-state index >= 15 is 0 Å². The minimum atomic E-state index is -0.937. The number of hydrogen-bond donors (Lipinski definition) is 1. The maximum Gasteiger partial charge on any atom is 0.305 e. The molecule has 0 radical (unpaired) electrons. The van der Waals surface area contributed by atoms with Crippen LogP contribution in [0.15, 0.2) is 36.5 Å². The van der Waals surface area contributed by atoms with Crippen molar-refractivity contribution < 1.29 is 19.4 Å². The average molecular weight is 332 g/mol. The van der Waals surface area contributed by atoms with Gasteiger partial charge in [-0.2, -0.15) is 0 Å². The van der Waals surface area contributed by atoms with Crippen molar-refractivity contribution in [2.75, 3.05) is 19.8 Å². The smallest absolute Gasteiger partial charge is 0.305 e. The zero-order chi connectivity index (χ0) is 16.2.